The number of nitrogens with zero attached hydrogens (tertiary/aromatic N) is 1. The van der Waals surface area contributed by atoms with Gasteiger partial charge in [-0.25, -0.2) is 0 Å². The molecule has 0 atom stereocenters. The quantitative estimate of drug-likeness (QED) is 0.677. The van der Waals surface area contributed by atoms with Crippen molar-refractivity contribution in [3.05, 3.63) is 35.3 Å². The van der Waals surface area contributed by atoms with Crippen molar-refractivity contribution >= 4 is 5.91 Å². The molecule has 1 saturated carbocycles. The minimum atomic E-state index is -0.278. The molecule has 0 aromatic carbocycles. The normalized spacial score (nSPS) is 15.8. The third-order valence-corrected chi connectivity index (χ3v) is 3.65. The minimum absolute atomic E-state index is 0.278. The van der Waals surface area contributed by atoms with Crippen molar-refractivity contribution in [3.8, 4) is 6.07 Å². The van der Waals surface area contributed by atoms with E-state index in [1.165, 1.54) is 19.3 Å². The van der Waals surface area contributed by atoms with Gasteiger partial charge in [-0.1, -0.05) is 19.3 Å². The van der Waals surface area contributed by atoms with E-state index in [9.17, 15) is 10.1 Å². The van der Waals surface area contributed by atoms with Gasteiger partial charge in [0.05, 0.1) is 12.8 Å². The second-order valence-corrected chi connectivity index (χ2v) is 5.12. The first-order valence-electron chi connectivity index (χ1n) is 7.24. The molecule has 1 heterocycles. The molecule has 0 radical (unpaired) electrons. The third-order valence-electron chi connectivity index (χ3n) is 3.65. The Morgan fingerprint density at radius 2 is 1.95 bits per heavy atom. The maximum absolute atomic E-state index is 12.1. The molecule has 1 aliphatic rings. The average Bonchev–Trinajstić information content (AvgIpc) is 2.92. The van der Waals surface area contributed by atoms with Gasteiger partial charge in [0.25, 0.3) is 5.91 Å². The number of nitriles is 1. The zero-order valence-corrected chi connectivity index (χ0v) is 11.7. The van der Waals surface area contributed by atoms with Crippen molar-refractivity contribution in [2.75, 3.05) is 0 Å². The number of hydrogen-bond donors (Lipinski definition) is 1. The predicted molar refractivity (Wildman–Crippen MR) is 75.5 cm³/mol. The monoisotopic (exact) mass is 272 g/mol. The van der Waals surface area contributed by atoms with Gasteiger partial charge in [-0.3, -0.25) is 4.79 Å². The molecular weight excluding hydrogens is 252 g/mol. The summed E-state index contributed by atoms with van der Waals surface area (Å²) in [5.74, 6) is 0.415. The van der Waals surface area contributed by atoms with Gasteiger partial charge in [0.15, 0.2) is 0 Å². The number of allylic oxidation sites excluding steroid dienone is 1. The van der Waals surface area contributed by atoms with Gasteiger partial charge in [-0.15, -0.1) is 0 Å². The number of furan rings is 1. The zero-order valence-electron chi connectivity index (χ0n) is 11.7. The highest BCUT2D eigenvalue weighted by molar-refractivity contribution is 5.98. The second-order valence-electron chi connectivity index (χ2n) is 5.12. The van der Waals surface area contributed by atoms with Crippen molar-refractivity contribution in [2.24, 2.45) is 0 Å². The Morgan fingerprint density at radius 1 is 1.25 bits per heavy atom. The third kappa shape index (κ3) is 3.99. The highest BCUT2D eigenvalue weighted by atomic mass is 16.3. The fraction of sp³-hybridized carbons (Fsp3) is 0.500. The fourth-order valence-corrected chi connectivity index (χ4v) is 2.54. The maximum Gasteiger partial charge on any atom is 0.262 e. The summed E-state index contributed by atoms with van der Waals surface area (Å²) < 4.78 is 5.17. The van der Waals surface area contributed by atoms with E-state index in [2.05, 4.69) is 11.4 Å². The SMILES string of the molecule is N#CC(C(=O)NCc1ccco1)=C1CCCCCCC1. The number of hydrogen-bond acceptors (Lipinski definition) is 3. The van der Waals surface area contributed by atoms with Crippen LogP contribution in [0.4, 0.5) is 0 Å². The molecular formula is C16H20N2O2. The van der Waals surface area contributed by atoms with E-state index in [1.54, 1.807) is 18.4 Å². The van der Waals surface area contributed by atoms with Crippen LogP contribution in [0.15, 0.2) is 34.0 Å². The van der Waals surface area contributed by atoms with E-state index in [4.69, 9.17) is 4.42 Å². The van der Waals surface area contributed by atoms with E-state index in [0.29, 0.717) is 17.9 Å². The lowest BCUT2D eigenvalue weighted by molar-refractivity contribution is -0.117. The summed E-state index contributed by atoms with van der Waals surface area (Å²) in [6.45, 7) is 0.324. The van der Waals surface area contributed by atoms with E-state index < -0.39 is 0 Å². The molecule has 0 aliphatic heterocycles. The van der Waals surface area contributed by atoms with Crippen molar-refractivity contribution in [3.63, 3.8) is 0 Å². The Morgan fingerprint density at radius 3 is 2.55 bits per heavy atom. The number of carbonyl (C=O) groups is 1. The van der Waals surface area contributed by atoms with E-state index in [0.717, 1.165) is 31.3 Å². The molecule has 0 spiro atoms. The van der Waals surface area contributed by atoms with Gasteiger partial charge in [0.1, 0.15) is 17.4 Å². The molecule has 1 aliphatic carbocycles. The van der Waals surface area contributed by atoms with Crippen molar-refractivity contribution < 1.29 is 9.21 Å². The fourth-order valence-electron chi connectivity index (χ4n) is 2.54. The Bertz CT molecular complexity index is 499. The molecule has 4 heteroatoms. The van der Waals surface area contributed by atoms with E-state index in [1.807, 2.05) is 0 Å². The lowest BCUT2D eigenvalue weighted by Crippen LogP contribution is -2.25. The van der Waals surface area contributed by atoms with Crippen LogP contribution in [0.2, 0.25) is 0 Å². The van der Waals surface area contributed by atoms with Gasteiger partial charge in [0.2, 0.25) is 0 Å². The van der Waals surface area contributed by atoms with Gasteiger partial charge in [0, 0.05) is 0 Å². The molecule has 0 saturated heterocycles. The van der Waals surface area contributed by atoms with Crippen LogP contribution in [-0.4, -0.2) is 5.91 Å². The molecule has 1 fully saturated rings. The first-order valence-corrected chi connectivity index (χ1v) is 7.24. The van der Waals surface area contributed by atoms with Crippen LogP contribution < -0.4 is 5.32 Å². The molecule has 1 aromatic rings. The molecule has 0 unspecified atom stereocenters. The number of rotatable bonds is 3. The van der Waals surface area contributed by atoms with Gasteiger partial charge in [-0.05, 0) is 43.4 Å². The standard InChI is InChI=1S/C16H20N2O2/c17-11-15(13-7-4-2-1-3-5-8-13)16(19)18-12-14-9-6-10-20-14/h6,9-10H,1-5,7-8,12H2,(H,18,19). The lowest BCUT2D eigenvalue weighted by atomic mass is 9.92. The van der Waals surface area contributed by atoms with Crippen molar-refractivity contribution in [1.29, 1.82) is 5.26 Å². The first-order chi connectivity index (χ1) is 9.81. The summed E-state index contributed by atoms with van der Waals surface area (Å²) >= 11 is 0. The largest absolute Gasteiger partial charge is 0.467 e. The molecule has 1 amide bonds. The lowest BCUT2D eigenvalue weighted by Gasteiger charge is -2.14. The van der Waals surface area contributed by atoms with Crippen molar-refractivity contribution in [1.82, 2.24) is 5.32 Å². The first kappa shape index (κ1) is 14.4. The zero-order chi connectivity index (χ0) is 14.2. The number of amides is 1. The summed E-state index contributed by atoms with van der Waals surface area (Å²) in [4.78, 5) is 12.1. The molecule has 20 heavy (non-hydrogen) atoms. The summed E-state index contributed by atoms with van der Waals surface area (Å²) in [5, 5.41) is 12.0. The molecule has 4 nitrogen and oxygen atoms in total. The van der Waals surface area contributed by atoms with Crippen LogP contribution in [0.25, 0.3) is 0 Å². The molecule has 1 aromatic heterocycles. The van der Waals surface area contributed by atoms with Gasteiger partial charge < -0.3 is 9.73 Å². The highest BCUT2D eigenvalue weighted by Gasteiger charge is 2.16. The van der Waals surface area contributed by atoms with Crippen LogP contribution in [0.3, 0.4) is 0 Å². The van der Waals surface area contributed by atoms with Crippen LogP contribution in [0.5, 0.6) is 0 Å². The predicted octanol–water partition coefficient (Wildman–Crippen LogP) is 3.46. The second kappa shape index (κ2) is 7.54. The van der Waals surface area contributed by atoms with Crippen molar-refractivity contribution in [2.45, 2.75) is 51.5 Å². The molecule has 1 N–H and O–H groups in total. The van der Waals surface area contributed by atoms with Crippen LogP contribution in [0, 0.1) is 11.3 Å². The Balaban J connectivity index is 2.01. The summed E-state index contributed by atoms with van der Waals surface area (Å²) in [6.07, 6.45) is 9.11. The molecule has 106 valence electrons. The summed E-state index contributed by atoms with van der Waals surface area (Å²) in [5.41, 5.74) is 1.32. The van der Waals surface area contributed by atoms with Crippen LogP contribution in [-0.2, 0) is 11.3 Å². The smallest absolute Gasteiger partial charge is 0.262 e. The Labute approximate surface area is 119 Å². The van der Waals surface area contributed by atoms with Gasteiger partial charge in [-0.2, -0.15) is 5.26 Å². The minimum Gasteiger partial charge on any atom is -0.467 e. The van der Waals surface area contributed by atoms with E-state index >= 15 is 0 Å². The Hall–Kier alpha value is -2.02. The number of nitrogens with one attached hydrogen (secondary N) is 1. The summed E-state index contributed by atoms with van der Waals surface area (Å²) in [6, 6.07) is 5.67. The molecule has 2 rings (SSSR count). The van der Waals surface area contributed by atoms with E-state index in [-0.39, 0.29) is 5.91 Å². The average molecular weight is 272 g/mol. The van der Waals surface area contributed by atoms with Gasteiger partial charge >= 0.3 is 0 Å². The Kier molecular flexibility index (Phi) is 5.43. The highest BCUT2D eigenvalue weighted by Crippen LogP contribution is 2.24. The number of carbonyl (C=O) groups excluding carboxylic acids is 1. The summed E-state index contributed by atoms with van der Waals surface area (Å²) in [7, 11) is 0. The van der Waals surface area contributed by atoms with Crippen LogP contribution >= 0.6 is 0 Å². The van der Waals surface area contributed by atoms with Crippen LogP contribution in [0.1, 0.15) is 50.7 Å². The topological polar surface area (TPSA) is 66.0 Å². The maximum atomic E-state index is 12.1. The molecule has 0 bridgehead atoms.